The van der Waals surface area contributed by atoms with Gasteiger partial charge in [0.05, 0.1) is 18.8 Å². The first-order valence-electron chi connectivity index (χ1n) is 9.70. The molecule has 0 amide bonds. The zero-order valence-corrected chi connectivity index (χ0v) is 16.2. The lowest BCUT2D eigenvalue weighted by molar-refractivity contribution is -0.150. The average molecular weight is 385 g/mol. The van der Waals surface area contributed by atoms with Crippen molar-refractivity contribution < 1.29 is 24.1 Å². The van der Waals surface area contributed by atoms with Crippen LogP contribution < -0.4 is 14.4 Å². The molecule has 0 aliphatic carbocycles. The van der Waals surface area contributed by atoms with E-state index in [9.17, 15) is 9.90 Å². The minimum Gasteiger partial charge on any atom is -0.492 e. The second-order valence-electron chi connectivity index (χ2n) is 6.70. The Morgan fingerprint density at radius 1 is 1.18 bits per heavy atom. The number of carboxylic acid groups (broad SMARTS) is 1. The monoisotopic (exact) mass is 385 g/mol. The van der Waals surface area contributed by atoms with Crippen molar-refractivity contribution in [3.8, 4) is 11.5 Å². The molecule has 0 fully saturated rings. The Labute approximate surface area is 165 Å². The number of nitrogens with zero attached hydrogens (tertiary/aromatic N) is 1. The van der Waals surface area contributed by atoms with Gasteiger partial charge in [-0.25, -0.2) is 4.79 Å². The molecule has 6 nitrogen and oxygen atoms in total. The van der Waals surface area contributed by atoms with Crippen molar-refractivity contribution in [2.75, 3.05) is 37.8 Å². The van der Waals surface area contributed by atoms with E-state index in [0.29, 0.717) is 26.2 Å². The lowest BCUT2D eigenvalue weighted by Crippen LogP contribution is -2.35. The van der Waals surface area contributed by atoms with Crippen molar-refractivity contribution in [1.82, 2.24) is 0 Å². The van der Waals surface area contributed by atoms with Crippen LogP contribution in [0.5, 0.6) is 11.5 Å². The first-order chi connectivity index (χ1) is 13.7. The highest BCUT2D eigenvalue weighted by Crippen LogP contribution is 2.30. The molecule has 1 heterocycles. The molecule has 0 spiro atoms. The zero-order chi connectivity index (χ0) is 19.8. The van der Waals surface area contributed by atoms with Crippen molar-refractivity contribution >= 4 is 11.7 Å². The second-order valence-corrected chi connectivity index (χ2v) is 6.70. The van der Waals surface area contributed by atoms with Gasteiger partial charge in [0.15, 0.2) is 6.10 Å². The highest BCUT2D eigenvalue weighted by molar-refractivity contribution is 5.72. The molecule has 6 heteroatoms. The molecular weight excluding hydrogens is 358 g/mol. The van der Waals surface area contributed by atoms with E-state index in [4.69, 9.17) is 14.2 Å². The summed E-state index contributed by atoms with van der Waals surface area (Å²) in [5.74, 6) is 0.752. The van der Waals surface area contributed by atoms with Crippen LogP contribution in [0, 0.1) is 0 Å². The van der Waals surface area contributed by atoms with Crippen LogP contribution >= 0.6 is 0 Å². The summed E-state index contributed by atoms with van der Waals surface area (Å²) in [4.78, 5) is 13.6. The lowest BCUT2D eigenvalue weighted by atomic mass is 10.1. The van der Waals surface area contributed by atoms with Crippen LogP contribution in [0.15, 0.2) is 48.5 Å². The molecule has 3 rings (SSSR count). The number of hydrogen-bond acceptors (Lipinski definition) is 5. The molecule has 1 unspecified atom stereocenters. The van der Waals surface area contributed by atoms with Crippen LogP contribution in [0.25, 0.3) is 0 Å². The minimum atomic E-state index is -0.931. The maximum absolute atomic E-state index is 11.3. The quantitative estimate of drug-likeness (QED) is 0.676. The summed E-state index contributed by atoms with van der Waals surface area (Å²) in [6, 6.07) is 15.6. The maximum Gasteiger partial charge on any atom is 0.333 e. The summed E-state index contributed by atoms with van der Waals surface area (Å²) in [6.45, 7) is 5.26. The van der Waals surface area contributed by atoms with Gasteiger partial charge in [-0.1, -0.05) is 31.2 Å². The van der Waals surface area contributed by atoms with Crippen molar-refractivity contribution in [2.24, 2.45) is 0 Å². The topological polar surface area (TPSA) is 68.2 Å². The Morgan fingerprint density at radius 2 is 1.96 bits per heavy atom. The molecule has 0 aromatic heterocycles. The van der Waals surface area contributed by atoms with Crippen LogP contribution in [0.4, 0.5) is 5.69 Å². The van der Waals surface area contributed by atoms with E-state index in [1.807, 2.05) is 49.4 Å². The van der Waals surface area contributed by atoms with Gasteiger partial charge in [-0.2, -0.15) is 0 Å². The number of para-hydroxylation sites is 2. The molecular formula is C22H27NO5. The van der Waals surface area contributed by atoms with Crippen LogP contribution in [0.3, 0.4) is 0 Å². The molecule has 1 aliphatic heterocycles. The Hall–Kier alpha value is -2.73. The van der Waals surface area contributed by atoms with E-state index >= 15 is 0 Å². The Bertz CT molecular complexity index is 762. The van der Waals surface area contributed by atoms with Gasteiger partial charge in [0, 0.05) is 13.0 Å². The molecule has 0 saturated heterocycles. The van der Waals surface area contributed by atoms with E-state index in [1.165, 1.54) is 0 Å². The van der Waals surface area contributed by atoms with Crippen molar-refractivity contribution in [1.29, 1.82) is 0 Å². The standard InChI is InChI=1S/C22H27NO5/c1-2-13-27-21(22(24)25)16-17-7-9-18(10-8-17)26-14-11-23-12-15-28-20-6-4-3-5-19(20)23/h3-10,21H,2,11-16H2,1H3,(H,24,25). The first-order valence-corrected chi connectivity index (χ1v) is 9.70. The Morgan fingerprint density at radius 3 is 2.71 bits per heavy atom. The molecule has 2 aromatic rings. The third-order valence-electron chi connectivity index (χ3n) is 4.60. The number of ether oxygens (including phenoxy) is 3. The highest BCUT2D eigenvalue weighted by Gasteiger charge is 2.19. The fraction of sp³-hybridized carbons (Fsp3) is 0.409. The average Bonchev–Trinajstić information content (AvgIpc) is 2.72. The third kappa shape index (κ3) is 5.39. The zero-order valence-electron chi connectivity index (χ0n) is 16.2. The number of anilines is 1. The van der Waals surface area contributed by atoms with Crippen LogP contribution in [0.2, 0.25) is 0 Å². The summed E-state index contributed by atoms with van der Waals surface area (Å²) in [5.41, 5.74) is 2.01. The van der Waals surface area contributed by atoms with E-state index in [1.54, 1.807) is 0 Å². The van der Waals surface area contributed by atoms with Gasteiger partial charge in [-0.15, -0.1) is 0 Å². The number of rotatable bonds is 10. The number of aliphatic carboxylic acids is 1. The van der Waals surface area contributed by atoms with Gasteiger partial charge in [0.2, 0.25) is 0 Å². The smallest absolute Gasteiger partial charge is 0.333 e. The Balaban J connectivity index is 1.49. The van der Waals surface area contributed by atoms with Crippen molar-refractivity contribution in [3.05, 3.63) is 54.1 Å². The maximum atomic E-state index is 11.3. The molecule has 0 bridgehead atoms. The van der Waals surface area contributed by atoms with E-state index < -0.39 is 12.1 Å². The van der Waals surface area contributed by atoms with E-state index in [0.717, 1.165) is 42.3 Å². The number of hydrogen-bond donors (Lipinski definition) is 1. The van der Waals surface area contributed by atoms with E-state index in [-0.39, 0.29) is 0 Å². The van der Waals surface area contributed by atoms with Crippen molar-refractivity contribution in [3.63, 3.8) is 0 Å². The lowest BCUT2D eigenvalue weighted by Gasteiger charge is -2.31. The van der Waals surface area contributed by atoms with Gasteiger partial charge < -0.3 is 24.2 Å². The van der Waals surface area contributed by atoms with E-state index in [2.05, 4.69) is 11.0 Å². The van der Waals surface area contributed by atoms with Gasteiger partial charge in [-0.05, 0) is 36.2 Å². The SMILES string of the molecule is CCCOC(Cc1ccc(OCCN2CCOc3ccccc32)cc1)C(=O)O. The van der Waals surface area contributed by atoms with Crippen molar-refractivity contribution in [2.45, 2.75) is 25.9 Å². The van der Waals surface area contributed by atoms with Gasteiger partial charge in [-0.3, -0.25) is 0 Å². The fourth-order valence-electron chi connectivity index (χ4n) is 3.15. The van der Waals surface area contributed by atoms with Gasteiger partial charge >= 0.3 is 5.97 Å². The van der Waals surface area contributed by atoms with Crippen LogP contribution in [0.1, 0.15) is 18.9 Å². The molecule has 2 aromatic carbocycles. The largest absolute Gasteiger partial charge is 0.492 e. The molecule has 28 heavy (non-hydrogen) atoms. The molecule has 1 N–H and O–H groups in total. The predicted octanol–water partition coefficient (Wildman–Crippen LogP) is 3.39. The molecule has 0 saturated carbocycles. The summed E-state index contributed by atoms with van der Waals surface area (Å²) in [7, 11) is 0. The number of carboxylic acids is 1. The Kier molecular flexibility index (Phi) is 7.14. The summed E-state index contributed by atoms with van der Waals surface area (Å²) in [6.07, 6.45) is 0.331. The molecule has 150 valence electrons. The second kappa shape index (κ2) is 9.99. The fourth-order valence-corrected chi connectivity index (χ4v) is 3.15. The minimum absolute atomic E-state index is 0.347. The van der Waals surface area contributed by atoms with Crippen LogP contribution in [-0.4, -0.2) is 50.1 Å². The van der Waals surface area contributed by atoms with Gasteiger partial charge in [0.25, 0.3) is 0 Å². The number of benzene rings is 2. The predicted molar refractivity (Wildman–Crippen MR) is 107 cm³/mol. The summed E-state index contributed by atoms with van der Waals surface area (Å²) < 4.78 is 16.9. The molecule has 0 radical (unpaired) electrons. The van der Waals surface area contributed by atoms with Crippen LogP contribution in [-0.2, 0) is 16.0 Å². The normalized spacial score (nSPS) is 14.1. The van der Waals surface area contributed by atoms with Gasteiger partial charge in [0.1, 0.15) is 24.7 Å². The summed E-state index contributed by atoms with van der Waals surface area (Å²) >= 11 is 0. The number of carbonyl (C=O) groups is 1. The first kappa shape index (κ1) is 20.0. The third-order valence-corrected chi connectivity index (χ3v) is 4.60. The summed E-state index contributed by atoms with van der Waals surface area (Å²) in [5, 5.41) is 9.26. The number of fused-ring (bicyclic) bond motifs is 1. The highest BCUT2D eigenvalue weighted by atomic mass is 16.5. The molecule has 1 aliphatic rings. The molecule has 1 atom stereocenters.